The lowest BCUT2D eigenvalue weighted by molar-refractivity contribution is 0.00886. The van der Waals surface area contributed by atoms with Crippen LogP contribution >= 0.6 is 0 Å². The van der Waals surface area contributed by atoms with E-state index in [1.807, 2.05) is 0 Å². The monoisotopic (exact) mass is 271 g/mol. The molecule has 0 radical (unpaired) electrons. The van der Waals surface area contributed by atoms with Crippen molar-refractivity contribution in [1.82, 2.24) is 4.90 Å². The Kier molecular flexibility index (Phi) is 8.67. The lowest BCUT2D eigenvalue weighted by Gasteiger charge is -2.35. The Balaban J connectivity index is 2.14. The summed E-state index contributed by atoms with van der Waals surface area (Å²) in [7, 11) is 2.15. The minimum atomic E-state index is -0.342. The molecule has 1 rings (SSSR count). The Hall–Kier alpha value is -0.120. The Labute approximate surface area is 119 Å². The first kappa shape index (κ1) is 16.9. The van der Waals surface area contributed by atoms with Crippen LogP contribution in [0.3, 0.4) is 0 Å². The normalized spacial score (nSPS) is 25.7. The van der Waals surface area contributed by atoms with E-state index in [4.69, 9.17) is 4.74 Å². The fraction of sp³-hybridized carbons (Fsp3) is 1.00. The van der Waals surface area contributed by atoms with E-state index in [0.29, 0.717) is 12.6 Å². The second-order valence-electron chi connectivity index (χ2n) is 6.10. The predicted molar refractivity (Wildman–Crippen MR) is 80.4 cm³/mol. The van der Waals surface area contributed by atoms with Gasteiger partial charge in [-0.25, -0.2) is 0 Å². The Morgan fingerprint density at radius 3 is 2.47 bits per heavy atom. The standard InChI is InChI=1S/C16H33NO2/c1-4-6-11-19-13-16(18)12-17(3)15-9-7-14(5-2)8-10-15/h14-16,18H,4-13H2,1-3H3. The van der Waals surface area contributed by atoms with Crippen LogP contribution in [0.1, 0.15) is 58.8 Å². The molecule has 1 unspecified atom stereocenters. The third-order valence-corrected chi connectivity index (χ3v) is 4.47. The van der Waals surface area contributed by atoms with Gasteiger partial charge in [0.25, 0.3) is 0 Å². The maximum absolute atomic E-state index is 9.98. The molecule has 1 saturated carbocycles. The van der Waals surface area contributed by atoms with Gasteiger partial charge in [0.1, 0.15) is 0 Å². The molecule has 0 aromatic heterocycles. The zero-order valence-corrected chi connectivity index (χ0v) is 13.1. The number of aliphatic hydroxyl groups is 1. The van der Waals surface area contributed by atoms with E-state index < -0.39 is 0 Å². The first-order valence-electron chi connectivity index (χ1n) is 8.13. The number of aliphatic hydroxyl groups excluding tert-OH is 1. The molecule has 1 aliphatic rings. The zero-order valence-electron chi connectivity index (χ0n) is 13.1. The highest BCUT2D eigenvalue weighted by Crippen LogP contribution is 2.28. The van der Waals surface area contributed by atoms with Crippen molar-refractivity contribution in [1.29, 1.82) is 0 Å². The van der Waals surface area contributed by atoms with Gasteiger partial charge >= 0.3 is 0 Å². The maximum Gasteiger partial charge on any atom is 0.0900 e. The molecule has 0 heterocycles. The summed E-state index contributed by atoms with van der Waals surface area (Å²) in [6, 6.07) is 0.660. The van der Waals surface area contributed by atoms with E-state index in [0.717, 1.165) is 31.9 Å². The fourth-order valence-corrected chi connectivity index (χ4v) is 2.99. The summed E-state index contributed by atoms with van der Waals surface area (Å²) >= 11 is 0. The second kappa shape index (κ2) is 9.73. The van der Waals surface area contributed by atoms with Crippen LogP contribution in [-0.4, -0.2) is 49.0 Å². The number of ether oxygens (including phenoxy) is 1. The van der Waals surface area contributed by atoms with Crippen molar-refractivity contribution in [3.63, 3.8) is 0 Å². The first-order chi connectivity index (χ1) is 9.17. The highest BCUT2D eigenvalue weighted by atomic mass is 16.5. The van der Waals surface area contributed by atoms with E-state index in [-0.39, 0.29) is 6.10 Å². The Bertz CT molecular complexity index is 215. The molecule has 1 atom stereocenters. The molecular formula is C16H33NO2. The van der Waals surface area contributed by atoms with Gasteiger partial charge in [-0.2, -0.15) is 0 Å². The first-order valence-corrected chi connectivity index (χ1v) is 8.13. The van der Waals surface area contributed by atoms with Crippen LogP contribution in [0.4, 0.5) is 0 Å². The molecule has 0 spiro atoms. The average molecular weight is 271 g/mol. The summed E-state index contributed by atoms with van der Waals surface area (Å²) in [6.07, 6.45) is 8.51. The van der Waals surface area contributed by atoms with Crippen LogP contribution in [0.2, 0.25) is 0 Å². The van der Waals surface area contributed by atoms with Crippen molar-refractivity contribution in [2.24, 2.45) is 5.92 Å². The van der Waals surface area contributed by atoms with Crippen molar-refractivity contribution < 1.29 is 9.84 Å². The molecule has 0 aromatic carbocycles. The quantitative estimate of drug-likeness (QED) is 0.654. The number of likely N-dealkylation sites (N-methyl/N-ethyl adjacent to an activating group) is 1. The number of unbranched alkanes of at least 4 members (excludes halogenated alkanes) is 1. The van der Waals surface area contributed by atoms with Gasteiger partial charge in [-0.3, -0.25) is 0 Å². The van der Waals surface area contributed by atoms with E-state index in [1.54, 1.807) is 0 Å². The molecule has 0 bridgehead atoms. The minimum Gasteiger partial charge on any atom is -0.389 e. The summed E-state index contributed by atoms with van der Waals surface area (Å²) < 4.78 is 5.48. The number of hydrogen-bond acceptors (Lipinski definition) is 3. The summed E-state index contributed by atoms with van der Waals surface area (Å²) in [5, 5.41) is 9.98. The number of nitrogens with zero attached hydrogens (tertiary/aromatic N) is 1. The third kappa shape index (κ3) is 6.73. The number of hydrogen-bond donors (Lipinski definition) is 1. The van der Waals surface area contributed by atoms with Gasteiger partial charge < -0.3 is 14.7 Å². The molecule has 0 amide bonds. The molecule has 0 saturated heterocycles. The lowest BCUT2D eigenvalue weighted by Crippen LogP contribution is -2.41. The molecule has 1 fully saturated rings. The molecule has 0 aliphatic heterocycles. The van der Waals surface area contributed by atoms with Gasteiger partial charge in [0.2, 0.25) is 0 Å². The van der Waals surface area contributed by atoms with Gasteiger partial charge in [-0.15, -0.1) is 0 Å². The summed E-state index contributed by atoms with van der Waals surface area (Å²) in [4.78, 5) is 2.33. The fourth-order valence-electron chi connectivity index (χ4n) is 2.99. The van der Waals surface area contributed by atoms with Crippen molar-refractivity contribution in [2.75, 3.05) is 26.8 Å². The second-order valence-corrected chi connectivity index (χ2v) is 6.10. The van der Waals surface area contributed by atoms with E-state index in [1.165, 1.54) is 32.1 Å². The SMILES string of the molecule is CCCCOCC(O)CN(C)C1CCC(CC)CC1. The van der Waals surface area contributed by atoms with Gasteiger partial charge in [0, 0.05) is 19.2 Å². The lowest BCUT2D eigenvalue weighted by atomic mass is 9.84. The van der Waals surface area contributed by atoms with Crippen molar-refractivity contribution in [2.45, 2.75) is 70.9 Å². The van der Waals surface area contributed by atoms with Gasteiger partial charge in [0.15, 0.2) is 0 Å². The van der Waals surface area contributed by atoms with Crippen LogP contribution in [0, 0.1) is 5.92 Å². The van der Waals surface area contributed by atoms with Crippen LogP contribution in [-0.2, 0) is 4.74 Å². The van der Waals surface area contributed by atoms with Gasteiger partial charge in [-0.05, 0) is 45.1 Å². The van der Waals surface area contributed by atoms with E-state index in [2.05, 4.69) is 25.8 Å². The van der Waals surface area contributed by atoms with E-state index >= 15 is 0 Å². The summed E-state index contributed by atoms with van der Waals surface area (Å²) in [5.74, 6) is 0.937. The summed E-state index contributed by atoms with van der Waals surface area (Å²) in [6.45, 7) is 6.45. The average Bonchev–Trinajstić information content (AvgIpc) is 2.43. The Morgan fingerprint density at radius 2 is 1.89 bits per heavy atom. The predicted octanol–water partition coefficient (Wildman–Crippen LogP) is 3.06. The van der Waals surface area contributed by atoms with Crippen molar-refractivity contribution in [3.8, 4) is 0 Å². The molecular weight excluding hydrogens is 238 g/mol. The highest BCUT2D eigenvalue weighted by Gasteiger charge is 2.24. The molecule has 3 heteroatoms. The smallest absolute Gasteiger partial charge is 0.0900 e. The topological polar surface area (TPSA) is 32.7 Å². The molecule has 3 nitrogen and oxygen atoms in total. The van der Waals surface area contributed by atoms with E-state index in [9.17, 15) is 5.11 Å². The van der Waals surface area contributed by atoms with Crippen LogP contribution < -0.4 is 0 Å². The summed E-state index contributed by atoms with van der Waals surface area (Å²) in [5.41, 5.74) is 0. The maximum atomic E-state index is 9.98. The van der Waals surface area contributed by atoms with Crippen LogP contribution in [0.25, 0.3) is 0 Å². The molecule has 1 aliphatic carbocycles. The molecule has 19 heavy (non-hydrogen) atoms. The zero-order chi connectivity index (χ0) is 14.1. The van der Waals surface area contributed by atoms with Crippen LogP contribution in [0.5, 0.6) is 0 Å². The van der Waals surface area contributed by atoms with Crippen LogP contribution in [0.15, 0.2) is 0 Å². The van der Waals surface area contributed by atoms with Gasteiger partial charge in [-0.1, -0.05) is 26.7 Å². The van der Waals surface area contributed by atoms with Gasteiger partial charge in [0.05, 0.1) is 12.7 Å². The largest absolute Gasteiger partial charge is 0.389 e. The molecule has 114 valence electrons. The van der Waals surface area contributed by atoms with Crippen molar-refractivity contribution in [3.05, 3.63) is 0 Å². The minimum absolute atomic E-state index is 0.342. The highest BCUT2D eigenvalue weighted by molar-refractivity contribution is 4.78. The number of rotatable bonds is 9. The Morgan fingerprint density at radius 1 is 1.21 bits per heavy atom. The van der Waals surface area contributed by atoms with Crippen molar-refractivity contribution >= 4 is 0 Å². The third-order valence-electron chi connectivity index (χ3n) is 4.47. The molecule has 1 N–H and O–H groups in total. The molecule has 0 aromatic rings.